The summed E-state index contributed by atoms with van der Waals surface area (Å²) in [6.07, 6.45) is 0. The number of nitrogens with one attached hydrogen (secondary N) is 1. The number of nitrogens with zero attached hydrogens (tertiary/aromatic N) is 1. The first-order valence-electron chi connectivity index (χ1n) is 4.35. The highest BCUT2D eigenvalue weighted by molar-refractivity contribution is 7.07. The molecule has 2 rings (SSSR count). The molecule has 0 radical (unpaired) electrons. The van der Waals surface area contributed by atoms with Gasteiger partial charge in [0, 0.05) is 17.1 Å². The van der Waals surface area contributed by atoms with Crippen LogP contribution in [0.1, 0.15) is 5.69 Å². The van der Waals surface area contributed by atoms with Crippen LogP contribution in [0.5, 0.6) is 5.75 Å². The predicted octanol–water partition coefficient (Wildman–Crippen LogP) is 2.60. The normalized spacial score (nSPS) is 10.2. The maximum Gasteiger partial charge on any atom is 0.166 e. The average Bonchev–Trinajstić information content (AvgIpc) is 2.73. The van der Waals surface area contributed by atoms with Crippen LogP contribution in [0.4, 0.5) is 10.1 Å². The van der Waals surface area contributed by atoms with Gasteiger partial charge >= 0.3 is 0 Å². The van der Waals surface area contributed by atoms with Crippen molar-refractivity contribution in [2.24, 2.45) is 0 Å². The first kappa shape index (κ1) is 9.92. The Labute approximate surface area is 90.2 Å². The summed E-state index contributed by atoms with van der Waals surface area (Å²) in [4.78, 5) is 4.08. The van der Waals surface area contributed by atoms with Crippen molar-refractivity contribution in [1.82, 2.24) is 4.98 Å². The summed E-state index contributed by atoms with van der Waals surface area (Å²) in [5, 5.41) is 13.9. The monoisotopic (exact) mass is 224 g/mol. The molecule has 0 atom stereocenters. The molecule has 2 aromatic rings. The second-order valence-electron chi connectivity index (χ2n) is 3.00. The zero-order valence-corrected chi connectivity index (χ0v) is 8.59. The van der Waals surface area contributed by atoms with Crippen molar-refractivity contribution in [3.05, 3.63) is 40.6 Å². The van der Waals surface area contributed by atoms with Crippen LogP contribution in [0.3, 0.4) is 0 Å². The summed E-state index contributed by atoms with van der Waals surface area (Å²) >= 11 is 1.52. The largest absolute Gasteiger partial charge is 0.505 e. The molecule has 0 aliphatic heterocycles. The molecule has 78 valence electrons. The Morgan fingerprint density at radius 1 is 1.47 bits per heavy atom. The molecule has 1 aromatic carbocycles. The molecular formula is C10H9FN2OS. The molecule has 0 bridgehead atoms. The SMILES string of the molecule is Oc1ccc(NCc2cscn2)cc1F. The summed E-state index contributed by atoms with van der Waals surface area (Å²) in [7, 11) is 0. The van der Waals surface area contributed by atoms with Gasteiger partial charge in [-0.25, -0.2) is 9.37 Å². The van der Waals surface area contributed by atoms with Crippen LogP contribution in [-0.2, 0) is 6.54 Å². The third-order valence-corrected chi connectivity index (χ3v) is 2.54. The van der Waals surface area contributed by atoms with E-state index in [0.29, 0.717) is 12.2 Å². The van der Waals surface area contributed by atoms with Gasteiger partial charge in [-0.3, -0.25) is 0 Å². The number of rotatable bonds is 3. The van der Waals surface area contributed by atoms with Gasteiger partial charge in [0.1, 0.15) is 0 Å². The molecule has 0 amide bonds. The standard InChI is InChI=1S/C10H9FN2OS/c11-9-3-7(1-2-10(9)14)12-4-8-5-15-6-13-8/h1-3,5-6,12,14H,4H2. The molecule has 0 aliphatic rings. The van der Waals surface area contributed by atoms with Crippen LogP contribution in [0, 0.1) is 5.82 Å². The molecule has 2 N–H and O–H groups in total. The molecule has 0 spiro atoms. The lowest BCUT2D eigenvalue weighted by atomic mass is 10.3. The number of aromatic nitrogens is 1. The van der Waals surface area contributed by atoms with E-state index in [1.165, 1.54) is 23.5 Å². The minimum absolute atomic E-state index is 0.339. The lowest BCUT2D eigenvalue weighted by Crippen LogP contribution is -1.99. The van der Waals surface area contributed by atoms with E-state index in [0.717, 1.165) is 5.69 Å². The van der Waals surface area contributed by atoms with Crippen LogP contribution in [0.2, 0.25) is 0 Å². The summed E-state index contributed by atoms with van der Waals surface area (Å²) < 4.78 is 12.9. The van der Waals surface area contributed by atoms with Crippen LogP contribution in [0.25, 0.3) is 0 Å². The highest BCUT2D eigenvalue weighted by Gasteiger charge is 2.01. The molecular weight excluding hydrogens is 215 g/mol. The van der Waals surface area contributed by atoms with Gasteiger partial charge in [-0.15, -0.1) is 11.3 Å². The molecule has 3 nitrogen and oxygen atoms in total. The Bertz CT molecular complexity index is 445. The molecule has 0 unspecified atom stereocenters. The van der Waals surface area contributed by atoms with Gasteiger partial charge in [-0.2, -0.15) is 0 Å². The van der Waals surface area contributed by atoms with Crippen molar-refractivity contribution in [2.45, 2.75) is 6.54 Å². The van der Waals surface area contributed by atoms with Crippen molar-refractivity contribution >= 4 is 17.0 Å². The third kappa shape index (κ3) is 2.44. The van der Waals surface area contributed by atoms with E-state index in [4.69, 9.17) is 5.11 Å². The second-order valence-corrected chi connectivity index (χ2v) is 3.72. The Morgan fingerprint density at radius 2 is 2.33 bits per heavy atom. The number of phenols is 1. The Kier molecular flexibility index (Phi) is 2.82. The van der Waals surface area contributed by atoms with Gasteiger partial charge in [0.25, 0.3) is 0 Å². The third-order valence-electron chi connectivity index (χ3n) is 1.90. The number of aromatic hydroxyl groups is 1. The Balaban J connectivity index is 2.02. The molecule has 1 aromatic heterocycles. The summed E-state index contributed by atoms with van der Waals surface area (Å²) in [5.41, 5.74) is 3.28. The number of anilines is 1. The van der Waals surface area contributed by atoms with Crippen LogP contribution in [0.15, 0.2) is 29.1 Å². The number of phenolic OH excluding ortho intramolecular Hbond substituents is 1. The quantitative estimate of drug-likeness (QED) is 0.788. The molecule has 0 aliphatic carbocycles. The van der Waals surface area contributed by atoms with E-state index in [9.17, 15) is 4.39 Å². The fraction of sp³-hybridized carbons (Fsp3) is 0.100. The van der Waals surface area contributed by atoms with Crippen molar-refractivity contribution in [3.8, 4) is 5.75 Å². The van der Waals surface area contributed by atoms with Gasteiger partial charge in [0.05, 0.1) is 17.7 Å². The Morgan fingerprint density at radius 3 is 3.00 bits per heavy atom. The fourth-order valence-corrected chi connectivity index (χ4v) is 1.69. The van der Waals surface area contributed by atoms with Crippen molar-refractivity contribution < 1.29 is 9.50 Å². The zero-order valence-electron chi connectivity index (χ0n) is 7.77. The minimum Gasteiger partial charge on any atom is -0.505 e. The minimum atomic E-state index is -0.627. The van der Waals surface area contributed by atoms with Gasteiger partial charge < -0.3 is 10.4 Å². The lowest BCUT2D eigenvalue weighted by molar-refractivity contribution is 0.432. The predicted molar refractivity (Wildman–Crippen MR) is 57.5 cm³/mol. The second kappa shape index (κ2) is 4.27. The smallest absolute Gasteiger partial charge is 0.166 e. The summed E-state index contributed by atoms with van der Waals surface area (Å²) in [5.74, 6) is -0.965. The molecule has 0 saturated heterocycles. The Hall–Kier alpha value is -1.62. The molecule has 1 heterocycles. The van der Waals surface area contributed by atoms with Crippen molar-refractivity contribution in [1.29, 1.82) is 0 Å². The van der Waals surface area contributed by atoms with Crippen LogP contribution >= 0.6 is 11.3 Å². The fourth-order valence-electron chi connectivity index (χ4n) is 1.13. The number of halogens is 1. The van der Waals surface area contributed by atoms with E-state index in [1.807, 2.05) is 5.38 Å². The van der Waals surface area contributed by atoms with Crippen LogP contribution in [-0.4, -0.2) is 10.1 Å². The van der Waals surface area contributed by atoms with Crippen molar-refractivity contribution in [3.63, 3.8) is 0 Å². The van der Waals surface area contributed by atoms with Gasteiger partial charge in [-0.05, 0) is 12.1 Å². The van der Waals surface area contributed by atoms with E-state index in [1.54, 1.807) is 11.6 Å². The highest BCUT2D eigenvalue weighted by atomic mass is 32.1. The molecule has 5 heteroatoms. The topological polar surface area (TPSA) is 45.1 Å². The highest BCUT2D eigenvalue weighted by Crippen LogP contribution is 2.19. The molecule has 0 fully saturated rings. The van der Waals surface area contributed by atoms with Crippen molar-refractivity contribution in [2.75, 3.05) is 5.32 Å². The van der Waals surface area contributed by atoms with E-state index in [2.05, 4.69) is 10.3 Å². The van der Waals surface area contributed by atoms with Gasteiger partial charge in [-0.1, -0.05) is 0 Å². The van der Waals surface area contributed by atoms with Gasteiger partial charge in [0.15, 0.2) is 11.6 Å². The average molecular weight is 224 g/mol. The van der Waals surface area contributed by atoms with E-state index in [-0.39, 0.29) is 5.75 Å². The van der Waals surface area contributed by atoms with E-state index >= 15 is 0 Å². The molecule has 0 saturated carbocycles. The summed E-state index contributed by atoms with van der Waals surface area (Å²) in [6, 6.07) is 4.19. The number of hydrogen-bond donors (Lipinski definition) is 2. The maximum atomic E-state index is 12.9. The first-order valence-corrected chi connectivity index (χ1v) is 5.29. The van der Waals surface area contributed by atoms with E-state index < -0.39 is 5.82 Å². The first-order chi connectivity index (χ1) is 7.25. The molecule has 15 heavy (non-hydrogen) atoms. The zero-order chi connectivity index (χ0) is 10.7. The van der Waals surface area contributed by atoms with Gasteiger partial charge in [0.2, 0.25) is 0 Å². The number of thiazole rings is 1. The maximum absolute atomic E-state index is 12.9. The van der Waals surface area contributed by atoms with Crippen LogP contribution < -0.4 is 5.32 Å². The summed E-state index contributed by atoms with van der Waals surface area (Å²) in [6.45, 7) is 0.549. The lowest BCUT2D eigenvalue weighted by Gasteiger charge is -2.04. The number of benzene rings is 1. The number of hydrogen-bond acceptors (Lipinski definition) is 4.